The summed E-state index contributed by atoms with van der Waals surface area (Å²) >= 11 is 0. The molecule has 0 aliphatic rings. The van der Waals surface area contributed by atoms with E-state index >= 15 is 0 Å². The molecule has 0 bridgehead atoms. The smallest absolute Gasteiger partial charge is 0.304 e. The molecule has 1 amide bonds. The number of likely N-dealkylation sites (N-methyl/N-ethyl adjacent to an activating group) is 1. The molecule has 1 unspecified atom stereocenters. The van der Waals surface area contributed by atoms with Crippen LogP contribution in [-0.4, -0.2) is 23.5 Å². The summed E-state index contributed by atoms with van der Waals surface area (Å²) in [7, 11) is 0. The van der Waals surface area contributed by atoms with Crippen LogP contribution in [0.1, 0.15) is 24.8 Å². The fourth-order valence-electron chi connectivity index (χ4n) is 1.73. The third-order valence-electron chi connectivity index (χ3n) is 2.63. The van der Waals surface area contributed by atoms with Crippen molar-refractivity contribution in [2.24, 2.45) is 0 Å². The average Bonchev–Trinajstić information content (AvgIpc) is 2.36. The summed E-state index contributed by atoms with van der Waals surface area (Å²) in [6, 6.07) is 9.08. The molecule has 0 radical (unpaired) electrons. The van der Waals surface area contributed by atoms with E-state index in [1.807, 2.05) is 18.2 Å². The molecule has 4 heteroatoms. The van der Waals surface area contributed by atoms with Gasteiger partial charge in [-0.1, -0.05) is 36.9 Å². The van der Waals surface area contributed by atoms with Crippen LogP contribution in [0.3, 0.4) is 0 Å². The first-order valence-corrected chi connectivity index (χ1v) is 5.80. The van der Waals surface area contributed by atoms with Gasteiger partial charge in [0, 0.05) is 18.0 Å². The van der Waals surface area contributed by atoms with Crippen molar-refractivity contribution in [1.82, 2.24) is 5.32 Å². The highest BCUT2D eigenvalue weighted by atomic mass is 16.4. The second-order valence-electron chi connectivity index (χ2n) is 3.95. The maximum Gasteiger partial charge on any atom is 0.304 e. The van der Waals surface area contributed by atoms with Crippen molar-refractivity contribution in [3.8, 4) is 0 Å². The van der Waals surface area contributed by atoms with Crippen LogP contribution in [0.2, 0.25) is 0 Å². The number of carboxylic acids is 1. The Balaban J connectivity index is 2.95. The van der Waals surface area contributed by atoms with Crippen LogP contribution in [0.15, 0.2) is 42.5 Å². The van der Waals surface area contributed by atoms with Crippen molar-refractivity contribution in [3.05, 3.63) is 48.0 Å². The van der Waals surface area contributed by atoms with E-state index in [4.69, 9.17) is 5.11 Å². The van der Waals surface area contributed by atoms with Crippen molar-refractivity contribution in [2.75, 3.05) is 6.54 Å². The summed E-state index contributed by atoms with van der Waals surface area (Å²) in [5, 5.41) is 11.6. The van der Waals surface area contributed by atoms with E-state index in [1.54, 1.807) is 19.1 Å². The number of carbonyl (C=O) groups excluding carboxylic acids is 1. The Bertz CT molecular complexity index is 440. The molecule has 96 valence electrons. The first-order chi connectivity index (χ1) is 8.56. The molecule has 1 rings (SSSR count). The monoisotopic (exact) mass is 247 g/mol. The third kappa shape index (κ3) is 3.73. The second kappa shape index (κ2) is 6.59. The zero-order chi connectivity index (χ0) is 13.5. The first-order valence-electron chi connectivity index (χ1n) is 5.80. The van der Waals surface area contributed by atoms with E-state index in [2.05, 4.69) is 11.9 Å². The van der Waals surface area contributed by atoms with Gasteiger partial charge in [-0.2, -0.15) is 0 Å². The van der Waals surface area contributed by atoms with Gasteiger partial charge in [0.05, 0.1) is 6.42 Å². The van der Waals surface area contributed by atoms with Gasteiger partial charge in [-0.3, -0.25) is 9.59 Å². The van der Waals surface area contributed by atoms with Crippen molar-refractivity contribution in [3.63, 3.8) is 0 Å². The summed E-state index contributed by atoms with van der Waals surface area (Å²) in [6.07, 6.45) is -0.139. The molecule has 1 aromatic rings. The summed E-state index contributed by atoms with van der Waals surface area (Å²) in [4.78, 5) is 22.6. The predicted octanol–water partition coefficient (Wildman–Crippen LogP) is 1.94. The molecule has 1 aromatic carbocycles. The van der Waals surface area contributed by atoms with Gasteiger partial charge in [0.25, 0.3) is 0 Å². The quantitative estimate of drug-likeness (QED) is 0.755. The molecule has 0 fully saturated rings. The Kier molecular flexibility index (Phi) is 5.11. The SMILES string of the molecule is C=C(C(=O)NCC)C(CC(=O)O)c1ccccc1. The highest BCUT2D eigenvalue weighted by Crippen LogP contribution is 2.26. The molecule has 0 aliphatic heterocycles. The summed E-state index contributed by atoms with van der Waals surface area (Å²) in [6.45, 7) is 6.03. The molecule has 1 atom stereocenters. The predicted molar refractivity (Wildman–Crippen MR) is 69.3 cm³/mol. The van der Waals surface area contributed by atoms with Crippen molar-refractivity contribution in [2.45, 2.75) is 19.3 Å². The topological polar surface area (TPSA) is 66.4 Å². The van der Waals surface area contributed by atoms with E-state index in [-0.39, 0.29) is 17.9 Å². The molecule has 0 heterocycles. The molecular formula is C14H17NO3. The Morgan fingerprint density at radius 1 is 1.33 bits per heavy atom. The number of hydrogen-bond acceptors (Lipinski definition) is 2. The lowest BCUT2D eigenvalue weighted by atomic mass is 9.88. The third-order valence-corrected chi connectivity index (χ3v) is 2.63. The van der Waals surface area contributed by atoms with Crippen LogP contribution in [0, 0.1) is 0 Å². The largest absolute Gasteiger partial charge is 0.481 e. The van der Waals surface area contributed by atoms with Crippen molar-refractivity contribution in [1.29, 1.82) is 0 Å². The number of rotatable bonds is 6. The van der Waals surface area contributed by atoms with Gasteiger partial charge in [-0.05, 0) is 12.5 Å². The summed E-state index contributed by atoms with van der Waals surface area (Å²) < 4.78 is 0. The lowest BCUT2D eigenvalue weighted by Crippen LogP contribution is -2.27. The highest BCUT2D eigenvalue weighted by molar-refractivity contribution is 5.95. The molecule has 0 saturated heterocycles. The van der Waals surface area contributed by atoms with Crippen molar-refractivity contribution >= 4 is 11.9 Å². The van der Waals surface area contributed by atoms with Crippen LogP contribution in [0.5, 0.6) is 0 Å². The molecule has 4 nitrogen and oxygen atoms in total. The summed E-state index contributed by atoms with van der Waals surface area (Å²) in [5.41, 5.74) is 1.07. The molecule has 0 spiro atoms. The van der Waals surface area contributed by atoms with Gasteiger partial charge in [0.2, 0.25) is 5.91 Å². The standard InChI is InChI=1S/C14H17NO3/c1-3-15-14(18)10(2)12(9-13(16)17)11-7-5-4-6-8-11/h4-8,12H,2-3,9H2,1H3,(H,15,18)(H,16,17). The van der Waals surface area contributed by atoms with E-state index in [0.717, 1.165) is 5.56 Å². The van der Waals surface area contributed by atoms with Gasteiger partial charge in [-0.15, -0.1) is 0 Å². The van der Waals surface area contributed by atoms with E-state index in [9.17, 15) is 9.59 Å². The molecule has 18 heavy (non-hydrogen) atoms. The minimum absolute atomic E-state index is 0.139. The Labute approximate surface area is 106 Å². The van der Waals surface area contributed by atoms with Crippen LogP contribution >= 0.6 is 0 Å². The average molecular weight is 247 g/mol. The van der Waals surface area contributed by atoms with Gasteiger partial charge in [-0.25, -0.2) is 0 Å². The normalized spacial score (nSPS) is 11.6. The summed E-state index contributed by atoms with van der Waals surface area (Å²) in [5.74, 6) is -1.74. The van der Waals surface area contributed by atoms with Gasteiger partial charge in [0.15, 0.2) is 0 Å². The number of aliphatic carboxylic acids is 1. The maximum atomic E-state index is 11.7. The number of hydrogen-bond donors (Lipinski definition) is 2. The molecule has 0 aliphatic carbocycles. The van der Waals surface area contributed by atoms with E-state index in [0.29, 0.717) is 6.54 Å². The fourth-order valence-corrected chi connectivity index (χ4v) is 1.73. The maximum absolute atomic E-state index is 11.7. The van der Waals surface area contributed by atoms with Gasteiger partial charge >= 0.3 is 5.97 Å². The minimum atomic E-state index is -0.950. The lowest BCUT2D eigenvalue weighted by molar-refractivity contribution is -0.137. The van der Waals surface area contributed by atoms with Crippen LogP contribution in [0.25, 0.3) is 0 Å². The number of carbonyl (C=O) groups is 2. The molecule has 0 aromatic heterocycles. The zero-order valence-electron chi connectivity index (χ0n) is 10.3. The number of nitrogens with one attached hydrogen (secondary N) is 1. The van der Waals surface area contributed by atoms with Gasteiger partial charge < -0.3 is 10.4 Å². The number of amides is 1. The van der Waals surface area contributed by atoms with Crippen molar-refractivity contribution < 1.29 is 14.7 Å². The lowest BCUT2D eigenvalue weighted by Gasteiger charge is -2.17. The molecule has 0 saturated carbocycles. The highest BCUT2D eigenvalue weighted by Gasteiger charge is 2.22. The first kappa shape index (κ1) is 14.0. The molecular weight excluding hydrogens is 230 g/mol. The Morgan fingerprint density at radius 2 is 1.94 bits per heavy atom. The minimum Gasteiger partial charge on any atom is -0.481 e. The fraction of sp³-hybridized carbons (Fsp3) is 0.286. The zero-order valence-corrected chi connectivity index (χ0v) is 10.3. The number of benzene rings is 1. The van der Waals surface area contributed by atoms with Crippen LogP contribution < -0.4 is 5.32 Å². The van der Waals surface area contributed by atoms with E-state index in [1.165, 1.54) is 0 Å². The van der Waals surface area contributed by atoms with E-state index < -0.39 is 11.9 Å². The number of carboxylic acid groups (broad SMARTS) is 1. The van der Waals surface area contributed by atoms with Crippen LogP contribution in [0.4, 0.5) is 0 Å². The molecule has 2 N–H and O–H groups in total. The van der Waals surface area contributed by atoms with Crippen LogP contribution in [-0.2, 0) is 9.59 Å². The Hall–Kier alpha value is -2.10. The van der Waals surface area contributed by atoms with Gasteiger partial charge in [0.1, 0.15) is 0 Å². The second-order valence-corrected chi connectivity index (χ2v) is 3.95. The Morgan fingerprint density at radius 3 is 2.44 bits per heavy atom.